The molecule has 1 unspecified atom stereocenters. The van der Waals surface area contributed by atoms with Crippen LogP contribution in [0.3, 0.4) is 0 Å². The SMILES string of the molecule is CON(C)CC1NCCCC1(C)C. The molecule has 1 saturated heterocycles. The molecule has 3 nitrogen and oxygen atoms in total. The molecular formula is C10H22N2O. The van der Waals surface area contributed by atoms with Gasteiger partial charge in [0.2, 0.25) is 0 Å². The van der Waals surface area contributed by atoms with Gasteiger partial charge in [-0.15, -0.1) is 0 Å². The average Bonchev–Trinajstić information content (AvgIpc) is 2.08. The van der Waals surface area contributed by atoms with E-state index < -0.39 is 0 Å². The molecule has 0 amide bonds. The molecule has 0 bridgehead atoms. The number of hydrogen-bond donors (Lipinski definition) is 1. The summed E-state index contributed by atoms with van der Waals surface area (Å²) < 4.78 is 0. The Kier molecular flexibility index (Phi) is 3.71. The van der Waals surface area contributed by atoms with Crippen molar-refractivity contribution in [1.29, 1.82) is 0 Å². The number of piperidine rings is 1. The molecule has 0 spiro atoms. The molecule has 0 radical (unpaired) electrons. The summed E-state index contributed by atoms with van der Waals surface area (Å²) in [6.07, 6.45) is 2.60. The predicted molar refractivity (Wildman–Crippen MR) is 54.4 cm³/mol. The van der Waals surface area contributed by atoms with Gasteiger partial charge < -0.3 is 10.2 Å². The van der Waals surface area contributed by atoms with E-state index in [9.17, 15) is 0 Å². The molecular weight excluding hydrogens is 164 g/mol. The van der Waals surface area contributed by atoms with Crippen molar-refractivity contribution >= 4 is 0 Å². The fourth-order valence-electron chi connectivity index (χ4n) is 1.91. The number of likely N-dealkylation sites (N-methyl/N-ethyl adjacent to an activating group) is 1. The Bertz CT molecular complexity index is 159. The van der Waals surface area contributed by atoms with Gasteiger partial charge in [-0.2, -0.15) is 5.06 Å². The van der Waals surface area contributed by atoms with E-state index >= 15 is 0 Å². The quantitative estimate of drug-likeness (QED) is 0.672. The second kappa shape index (κ2) is 4.40. The highest BCUT2D eigenvalue weighted by Gasteiger charge is 2.32. The van der Waals surface area contributed by atoms with Crippen LogP contribution in [0.25, 0.3) is 0 Å². The molecule has 1 N–H and O–H groups in total. The Labute approximate surface area is 81.4 Å². The molecule has 1 rings (SSSR count). The maximum Gasteiger partial charge on any atom is 0.0575 e. The third-order valence-corrected chi connectivity index (χ3v) is 3.08. The van der Waals surface area contributed by atoms with Gasteiger partial charge in [0.15, 0.2) is 0 Å². The maximum absolute atomic E-state index is 5.14. The fourth-order valence-corrected chi connectivity index (χ4v) is 1.91. The van der Waals surface area contributed by atoms with Crippen LogP contribution in [0.4, 0.5) is 0 Å². The van der Waals surface area contributed by atoms with Crippen LogP contribution in [0.5, 0.6) is 0 Å². The van der Waals surface area contributed by atoms with Crippen molar-refractivity contribution in [1.82, 2.24) is 10.4 Å². The van der Waals surface area contributed by atoms with Gasteiger partial charge in [0, 0.05) is 19.6 Å². The van der Waals surface area contributed by atoms with E-state index in [1.807, 2.05) is 12.1 Å². The molecule has 1 atom stereocenters. The second-order valence-corrected chi connectivity index (χ2v) is 4.59. The summed E-state index contributed by atoms with van der Waals surface area (Å²) in [6, 6.07) is 0.547. The molecule has 0 aliphatic carbocycles. The highest BCUT2D eigenvalue weighted by atomic mass is 16.7. The molecule has 1 aliphatic heterocycles. The van der Waals surface area contributed by atoms with Crippen molar-refractivity contribution in [2.24, 2.45) is 5.41 Å². The third kappa shape index (κ3) is 2.93. The van der Waals surface area contributed by atoms with Crippen molar-refractivity contribution < 1.29 is 4.84 Å². The van der Waals surface area contributed by atoms with E-state index in [-0.39, 0.29) is 0 Å². The topological polar surface area (TPSA) is 24.5 Å². The van der Waals surface area contributed by atoms with Crippen molar-refractivity contribution in [2.45, 2.75) is 32.7 Å². The van der Waals surface area contributed by atoms with E-state index in [1.165, 1.54) is 12.8 Å². The van der Waals surface area contributed by atoms with Crippen LogP contribution >= 0.6 is 0 Å². The third-order valence-electron chi connectivity index (χ3n) is 3.08. The van der Waals surface area contributed by atoms with Gasteiger partial charge in [0.1, 0.15) is 0 Å². The zero-order chi connectivity index (χ0) is 9.90. The Morgan fingerprint density at radius 2 is 2.23 bits per heavy atom. The lowest BCUT2D eigenvalue weighted by Crippen LogP contribution is -2.52. The Morgan fingerprint density at radius 1 is 1.54 bits per heavy atom. The van der Waals surface area contributed by atoms with Crippen molar-refractivity contribution in [3.8, 4) is 0 Å². The van der Waals surface area contributed by atoms with Gasteiger partial charge in [-0.25, -0.2) is 0 Å². The van der Waals surface area contributed by atoms with Crippen molar-refractivity contribution in [3.63, 3.8) is 0 Å². The van der Waals surface area contributed by atoms with Gasteiger partial charge in [-0.3, -0.25) is 0 Å². The van der Waals surface area contributed by atoms with Crippen LogP contribution in [-0.4, -0.2) is 38.4 Å². The minimum Gasteiger partial charge on any atom is -0.312 e. The van der Waals surface area contributed by atoms with Crippen molar-refractivity contribution in [3.05, 3.63) is 0 Å². The zero-order valence-corrected chi connectivity index (χ0v) is 9.26. The van der Waals surface area contributed by atoms with E-state index in [0.29, 0.717) is 11.5 Å². The number of nitrogens with zero attached hydrogens (tertiary/aromatic N) is 1. The fraction of sp³-hybridized carbons (Fsp3) is 1.00. The molecule has 0 aromatic heterocycles. The van der Waals surface area contributed by atoms with E-state index in [2.05, 4.69) is 19.2 Å². The summed E-state index contributed by atoms with van der Waals surface area (Å²) in [5.41, 5.74) is 0.394. The van der Waals surface area contributed by atoms with Gasteiger partial charge >= 0.3 is 0 Å². The van der Waals surface area contributed by atoms with Crippen LogP contribution in [0, 0.1) is 5.41 Å². The van der Waals surface area contributed by atoms with Crippen LogP contribution in [0.1, 0.15) is 26.7 Å². The summed E-state index contributed by atoms with van der Waals surface area (Å²) in [7, 11) is 3.70. The predicted octanol–water partition coefficient (Wildman–Crippen LogP) is 1.26. The lowest BCUT2D eigenvalue weighted by Gasteiger charge is -2.40. The summed E-state index contributed by atoms with van der Waals surface area (Å²) >= 11 is 0. The first-order chi connectivity index (χ1) is 6.06. The first-order valence-electron chi connectivity index (χ1n) is 5.05. The number of hydroxylamine groups is 2. The number of hydrogen-bond acceptors (Lipinski definition) is 3. The van der Waals surface area contributed by atoms with Crippen LogP contribution in [-0.2, 0) is 4.84 Å². The van der Waals surface area contributed by atoms with E-state index in [4.69, 9.17) is 4.84 Å². The number of nitrogens with one attached hydrogen (secondary N) is 1. The normalized spacial score (nSPS) is 27.9. The van der Waals surface area contributed by atoms with Crippen LogP contribution in [0.2, 0.25) is 0 Å². The second-order valence-electron chi connectivity index (χ2n) is 4.59. The molecule has 0 saturated carbocycles. The van der Waals surface area contributed by atoms with E-state index in [1.54, 1.807) is 7.11 Å². The summed E-state index contributed by atoms with van der Waals surface area (Å²) in [5, 5.41) is 5.45. The summed E-state index contributed by atoms with van der Waals surface area (Å²) in [5.74, 6) is 0. The maximum atomic E-state index is 5.14. The Balaban J connectivity index is 2.46. The molecule has 13 heavy (non-hydrogen) atoms. The molecule has 0 aromatic carbocycles. The van der Waals surface area contributed by atoms with Crippen LogP contribution in [0.15, 0.2) is 0 Å². The highest BCUT2D eigenvalue weighted by molar-refractivity contribution is 4.88. The summed E-state index contributed by atoms with van der Waals surface area (Å²) in [6.45, 7) is 6.76. The lowest BCUT2D eigenvalue weighted by molar-refractivity contribution is -0.122. The minimum atomic E-state index is 0.394. The van der Waals surface area contributed by atoms with Gasteiger partial charge in [0.25, 0.3) is 0 Å². The first kappa shape index (κ1) is 11.0. The van der Waals surface area contributed by atoms with Crippen LogP contribution < -0.4 is 5.32 Å². The molecule has 1 heterocycles. The lowest BCUT2D eigenvalue weighted by atomic mass is 9.77. The first-order valence-corrected chi connectivity index (χ1v) is 5.05. The average molecular weight is 186 g/mol. The Hall–Kier alpha value is -0.120. The van der Waals surface area contributed by atoms with Crippen molar-refractivity contribution in [2.75, 3.05) is 27.2 Å². The van der Waals surface area contributed by atoms with E-state index in [0.717, 1.165) is 13.1 Å². The molecule has 3 heteroatoms. The molecule has 0 aromatic rings. The van der Waals surface area contributed by atoms with Gasteiger partial charge in [0.05, 0.1) is 7.11 Å². The standard InChI is InChI=1S/C10H22N2O/c1-10(2)6-5-7-11-9(10)8-12(3)13-4/h9,11H,5-8H2,1-4H3. The smallest absolute Gasteiger partial charge is 0.0575 e. The molecule has 78 valence electrons. The minimum absolute atomic E-state index is 0.394. The highest BCUT2D eigenvalue weighted by Crippen LogP contribution is 2.30. The van der Waals surface area contributed by atoms with Gasteiger partial charge in [-0.1, -0.05) is 13.8 Å². The largest absolute Gasteiger partial charge is 0.312 e. The molecule has 1 aliphatic rings. The monoisotopic (exact) mass is 186 g/mol. The zero-order valence-electron chi connectivity index (χ0n) is 9.26. The Morgan fingerprint density at radius 3 is 2.77 bits per heavy atom. The van der Waals surface area contributed by atoms with Gasteiger partial charge in [-0.05, 0) is 24.8 Å². The summed E-state index contributed by atoms with van der Waals surface area (Å²) in [4.78, 5) is 5.14. The number of rotatable bonds is 3. The molecule has 1 fully saturated rings.